The maximum absolute atomic E-state index is 13.1. The van der Waals surface area contributed by atoms with Gasteiger partial charge in [-0.1, -0.05) is 12.1 Å². The monoisotopic (exact) mass is 304 g/mol. The van der Waals surface area contributed by atoms with Gasteiger partial charge in [0.05, 0.1) is 6.54 Å². The van der Waals surface area contributed by atoms with E-state index in [1.165, 1.54) is 0 Å². The van der Waals surface area contributed by atoms with E-state index in [1.807, 2.05) is 5.32 Å². The van der Waals surface area contributed by atoms with Crippen molar-refractivity contribution < 1.29 is 22.4 Å². The molecule has 0 saturated heterocycles. The molecule has 1 saturated carbocycles. The van der Waals surface area contributed by atoms with Crippen LogP contribution in [-0.2, 0) is 4.79 Å². The van der Waals surface area contributed by atoms with Gasteiger partial charge in [0.25, 0.3) is 0 Å². The van der Waals surface area contributed by atoms with Crippen molar-refractivity contribution in [3.63, 3.8) is 0 Å². The number of amides is 1. The minimum Gasteiger partial charge on any atom is -0.340 e. The van der Waals surface area contributed by atoms with Crippen LogP contribution < -0.4 is 5.32 Å². The highest BCUT2D eigenvalue weighted by Crippen LogP contribution is 2.33. The SMILES string of the molecule is CN(CC(=O)N[C@H](c1ccc(F)cc1)C(F)(F)F)C1CC1. The zero-order valence-electron chi connectivity index (χ0n) is 11.5. The van der Waals surface area contributed by atoms with Gasteiger partial charge in [0.1, 0.15) is 5.82 Å². The van der Waals surface area contributed by atoms with Gasteiger partial charge >= 0.3 is 6.18 Å². The van der Waals surface area contributed by atoms with Crippen LogP contribution in [0.4, 0.5) is 17.6 Å². The van der Waals surface area contributed by atoms with Gasteiger partial charge in [-0.05, 0) is 37.6 Å². The third-order valence-electron chi connectivity index (χ3n) is 3.40. The van der Waals surface area contributed by atoms with Crippen LogP contribution in [0.5, 0.6) is 0 Å². The maximum atomic E-state index is 13.1. The lowest BCUT2D eigenvalue weighted by Gasteiger charge is -2.23. The lowest BCUT2D eigenvalue weighted by molar-refractivity contribution is -0.163. The summed E-state index contributed by atoms with van der Waals surface area (Å²) in [6.07, 6.45) is -2.71. The number of alkyl halides is 3. The van der Waals surface area contributed by atoms with E-state index >= 15 is 0 Å². The molecule has 21 heavy (non-hydrogen) atoms. The van der Waals surface area contributed by atoms with Crippen LogP contribution in [0, 0.1) is 5.82 Å². The summed E-state index contributed by atoms with van der Waals surface area (Å²) < 4.78 is 52.0. The van der Waals surface area contributed by atoms with E-state index in [-0.39, 0.29) is 18.2 Å². The van der Waals surface area contributed by atoms with E-state index in [1.54, 1.807) is 11.9 Å². The Balaban J connectivity index is 2.05. The van der Waals surface area contributed by atoms with Crippen LogP contribution in [0.25, 0.3) is 0 Å². The lowest BCUT2D eigenvalue weighted by atomic mass is 10.1. The molecule has 1 aromatic rings. The second kappa shape index (κ2) is 6.01. The topological polar surface area (TPSA) is 32.3 Å². The first kappa shape index (κ1) is 15.8. The molecule has 1 atom stereocenters. The largest absolute Gasteiger partial charge is 0.412 e. The molecule has 0 radical (unpaired) electrons. The van der Waals surface area contributed by atoms with E-state index in [9.17, 15) is 22.4 Å². The van der Waals surface area contributed by atoms with Crippen molar-refractivity contribution in [2.45, 2.75) is 31.1 Å². The van der Waals surface area contributed by atoms with Crippen molar-refractivity contribution in [2.75, 3.05) is 13.6 Å². The van der Waals surface area contributed by atoms with Crippen molar-refractivity contribution in [2.24, 2.45) is 0 Å². The second-order valence-electron chi connectivity index (χ2n) is 5.24. The highest BCUT2D eigenvalue weighted by molar-refractivity contribution is 5.78. The van der Waals surface area contributed by atoms with Crippen LogP contribution >= 0.6 is 0 Å². The molecule has 0 aromatic heterocycles. The molecule has 0 spiro atoms. The smallest absolute Gasteiger partial charge is 0.340 e. The fourth-order valence-electron chi connectivity index (χ4n) is 2.09. The summed E-state index contributed by atoms with van der Waals surface area (Å²) in [5.41, 5.74) is -0.189. The zero-order chi connectivity index (χ0) is 15.6. The molecular weight excluding hydrogens is 288 g/mol. The Labute approximate surface area is 119 Å². The van der Waals surface area contributed by atoms with Gasteiger partial charge < -0.3 is 5.32 Å². The predicted octanol–water partition coefficient (Wildman–Crippen LogP) is 2.64. The molecule has 1 amide bonds. The number of likely N-dealkylation sites (N-methyl/N-ethyl adjacent to an activating group) is 1. The van der Waals surface area contributed by atoms with Crippen LogP contribution in [0.3, 0.4) is 0 Å². The predicted molar refractivity (Wildman–Crippen MR) is 69.0 cm³/mol. The van der Waals surface area contributed by atoms with Crippen LogP contribution in [0.2, 0.25) is 0 Å². The number of carbonyl (C=O) groups excluding carboxylic acids is 1. The highest BCUT2D eigenvalue weighted by Gasteiger charge is 2.42. The Morgan fingerprint density at radius 1 is 1.33 bits per heavy atom. The van der Waals surface area contributed by atoms with Gasteiger partial charge in [-0.3, -0.25) is 9.69 Å². The van der Waals surface area contributed by atoms with Crippen LogP contribution in [0.1, 0.15) is 24.4 Å². The van der Waals surface area contributed by atoms with Gasteiger partial charge in [0, 0.05) is 6.04 Å². The van der Waals surface area contributed by atoms with E-state index in [4.69, 9.17) is 0 Å². The van der Waals surface area contributed by atoms with Crippen molar-refractivity contribution in [3.05, 3.63) is 35.6 Å². The van der Waals surface area contributed by atoms with E-state index < -0.39 is 23.9 Å². The maximum Gasteiger partial charge on any atom is 0.412 e. The molecule has 7 heteroatoms. The molecule has 1 aliphatic rings. The van der Waals surface area contributed by atoms with E-state index in [0.717, 1.165) is 37.1 Å². The Morgan fingerprint density at radius 2 is 1.90 bits per heavy atom. The number of benzene rings is 1. The van der Waals surface area contributed by atoms with Crippen molar-refractivity contribution in [3.8, 4) is 0 Å². The lowest BCUT2D eigenvalue weighted by Crippen LogP contribution is -2.43. The molecule has 0 bridgehead atoms. The summed E-state index contributed by atoms with van der Waals surface area (Å²) in [5.74, 6) is -1.32. The van der Waals surface area contributed by atoms with Gasteiger partial charge in [0.15, 0.2) is 6.04 Å². The Bertz CT molecular complexity index is 497. The first-order valence-electron chi connectivity index (χ1n) is 6.59. The molecule has 0 unspecified atom stereocenters. The highest BCUT2D eigenvalue weighted by atomic mass is 19.4. The molecule has 2 rings (SSSR count). The minimum absolute atomic E-state index is 0.0849. The average molecular weight is 304 g/mol. The van der Waals surface area contributed by atoms with Crippen molar-refractivity contribution >= 4 is 5.91 Å². The Morgan fingerprint density at radius 3 is 2.38 bits per heavy atom. The number of nitrogens with one attached hydrogen (secondary N) is 1. The number of carbonyl (C=O) groups is 1. The number of hydrogen-bond donors (Lipinski definition) is 1. The molecule has 1 aliphatic carbocycles. The minimum atomic E-state index is -4.63. The van der Waals surface area contributed by atoms with Crippen LogP contribution in [-0.4, -0.2) is 36.6 Å². The van der Waals surface area contributed by atoms with Crippen molar-refractivity contribution in [1.29, 1.82) is 0 Å². The Kier molecular flexibility index (Phi) is 4.51. The second-order valence-corrected chi connectivity index (χ2v) is 5.24. The molecular formula is C14H16F4N2O. The number of halogens is 4. The molecule has 0 aliphatic heterocycles. The summed E-state index contributed by atoms with van der Waals surface area (Å²) in [5, 5.41) is 1.98. The third kappa shape index (κ3) is 4.42. The third-order valence-corrected chi connectivity index (χ3v) is 3.40. The number of hydrogen-bond acceptors (Lipinski definition) is 2. The average Bonchev–Trinajstić information content (AvgIpc) is 3.20. The number of nitrogens with zero attached hydrogens (tertiary/aromatic N) is 1. The summed E-state index contributed by atoms with van der Waals surface area (Å²) >= 11 is 0. The van der Waals surface area contributed by atoms with Gasteiger partial charge in [-0.15, -0.1) is 0 Å². The van der Waals surface area contributed by atoms with E-state index in [0.29, 0.717) is 0 Å². The summed E-state index contributed by atoms with van der Waals surface area (Å²) in [6, 6.07) is 2.09. The molecule has 1 aromatic carbocycles. The first-order chi connectivity index (χ1) is 9.77. The summed E-state index contributed by atoms with van der Waals surface area (Å²) in [6.45, 7) is -0.0849. The fourth-order valence-corrected chi connectivity index (χ4v) is 2.09. The molecule has 116 valence electrons. The van der Waals surface area contributed by atoms with Gasteiger partial charge in [0.2, 0.25) is 5.91 Å². The summed E-state index contributed by atoms with van der Waals surface area (Å²) in [7, 11) is 1.71. The van der Waals surface area contributed by atoms with Crippen molar-refractivity contribution in [1.82, 2.24) is 10.2 Å². The molecule has 3 nitrogen and oxygen atoms in total. The summed E-state index contributed by atoms with van der Waals surface area (Å²) in [4.78, 5) is 13.5. The first-order valence-corrected chi connectivity index (χ1v) is 6.59. The number of rotatable bonds is 5. The van der Waals surface area contributed by atoms with Gasteiger partial charge in [-0.25, -0.2) is 4.39 Å². The zero-order valence-corrected chi connectivity index (χ0v) is 11.5. The van der Waals surface area contributed by atoms with Crippen LogP contribution in [0.15, 0.2) is 24.3 Å². The quantitative estimate of drug-likeness (QED) is 0.848. The normalized spacial score (nSPS) is 16.9. The Hall–Kier alpha value is -1.63. The standard InChI is InChI=1S/C14H16F4N2O/c1-20(11-6-7-11)8-12(21)19-13(14(16,17)18)9-2-4-10(15)5-3-9/h2-5,11,13H,6-8H2,1H3,(H,19,21)/t13-/m1/s1. The van der Waals surface area contributed by atoms with E-state index in [2.05, 4.69) is 0 Å². The molecule has 1 N–H and O–H groups in total. The van der Waals surface area contributed by atoms with Gasteiger partial charge in [-0.2, -0.15) is 13.2 Å². The fraction of sp³-hybridized carbons (Fsp3) is 0.500. The molecule has 0 heterocycles. The molecule has 1 fully saturated rings.